The Morgan fingerprint density at radius 3 is 2.48 bits per heavy atom. The molecule has 118 valence electrons. The summed E-state index contributed by atoms with van der Waals surface area (Å²) in [7, 11) is 0. The van der Waals surface area contributed by atoms with Crippen LogP contribution in [0.15, 0.2) is 18.2 Å². The van der Waals surface area contributed by atoms with Gasteiger partial charge in [0.15, 0.2) is 0 Å². The van der Waals surface area contributed by atoms with Crippen molar-refractivity contribution < 1.29 is 17.6 Å². The molecule has 1 fully saturated rings. The number of nitrogens with one attached hydrogen (secondary N) is 1. The zero-order valence-electron chi connectivity index (χ0n) is 12.0. The second-order valence-electron chi connectivity index (χ2n) is 5.46. The smallest absolute Gasteiger partial charge is 0.314 e. The molecule has 0 spiro atoms. The molecule has 1 atom stereocenters. The van der Waals surface area contributed by atoms with Crippen LogP contribution in [0, 0.1) is 12.7 Å². The van der Waals surface area contributed by atoms with Gasteiger partial charge in [-0.2, -0.15) is 13.2 Å². The molecule has 6 heteroatoms. The molecule has 1 aliphatic heterocycles. The molecular weight excluding hydrogens is 284 g/mol. The Morgan fingerprint density at radius 2 is 1.90 bits per heavy atom. The van der Waals surface area contributed by atoms with Gasteiger partial charge < -0.3 is 5.32 Å². The van der Waals surface area contributed by atoms with Crippen molar-refractivity contribution in [2.75, 3.05) is 26.2 Å². The molecule has 0 unspecified atom stereocenters. The Morgan fingerprint density at radius 1 is 1.24 bits per heavy atom. The van der Waals surface area contributed by atoms with Crippen LogP contribution in [0.2, 0.25) is 0 Å². The fourth-order valence-electron chi connectivity index (χ4n) is 2.67. The number of alkyl halides is 3. The summed E-state index contributed by atoms with van der Waals surface area (Å²) in [5, 5.41) is 3.18. The third kappa shape index (κ3) is 4.68. The van der Waals surface area contributed by atoms with Crippen molar-refractivity contribution in [3.05, 3.63) is 35.1 Å². The lowest BCUT2D eigenvalue weighted by Gasteiger charge is -2.35. The first-order valence-electron chi connectivity index (χ1n) is 7.14. The maximum atomic E-state index is 13.7. The first-order chi connectivity index (χ1) is 9.87. The topological polar surface area (TPSA) is 15.3 Å². The van der Waals surface area contributed by atoms with E-state index >= 15 is 0 Å². The minimum Gasteiger partial charge on any atom is -0.314 e. The molecule has 0 amide bonds. The summed E-state index contributed by atoms with van der Waals surface area (Å²) in [6.07, 6.45) is -5.07. The molecule has 21 heavy (non-hydrogen) atoms. The molecule has 0 aliphatic carbocycles. The summed E-state index contributed by atoms with van der Waals surface area (Å²) >= 11 is 0. The van der Waals surface area contributed by atoms with Crippen LogP contribution in [0.5, 0.6) is 0 Å². The van der Waals surface area contributed by atoms with Crippen molar-refractivity contribution in [2.45, 2.75) is 32.0 Å². The zero-order chi connectivity index (χ0) is 15.5. The van der Waals surface area contributed by atoms with E-state index in [0.717, 1.165) is 13.1 Å². The van der Waals surface area contributed by atoms with E-state index < -0.39 is 12.6 Å². The largest absolute Gasteiger partial charge is 0.389 e. The summed E-state index contributed by atoms with van der Waals surface area (Å²) in [5.74, 6) is -0.361. The maximum absolute atomic E-state index is 13.7. The lowest BCUT2D eigenvalue weighted by Crippen LogP contribution is -2.45. The van der Waals surface area contributed by atoms with Crippen molar-refractivity contribution >= 4 is 0 Å². The molecule has 0 radical (unpaired) electrons. The monoisotopic (exact) mass is 304 g/mol. The van der Waals surface area contributed by atoms with Gasteiger partial charge in [-0.15, -0.1) is 0 Å². The fourth-order valence-corrected chi connectivity index (χ4v) is 2.67. The van der Waals surface area contributed by atoms with Crippen LogP contribution in [-0.4, -0.2) is 37.3 Å². The molecule has 0 aromatic heterocycles. The normalized spacial score (nSPS) is 18.7. The fraction of sp³-hybridized carbons (Fsp3) is 0.600. The third-order valence-electron chi connectivity index (χ3n) is 3.87. The van der Waals surface area contributed by atoms with E-state index in [2.05, 4.69) is 5.32 Å². The molecular formula is C15H20F4N2. The van der Waals surface area contributed by atoms with Crippen LogP contribution < -0.4 is 5.32 Å². The highest BCUT2D eigenvalue weighted by molar-refractivity contribution is 5.26. The minimum atomic E-state index is -4.18. The number of hydrogen-bond acceptors (Lipinski definition) is 2. The molecule has 0 bridgehead atoms. The van der Waals surface area contributed by atoms with Crippen molar-refractivity contribution in [1.29, 1.82) is 0 Å². The van der Waals surface area contributed by atoms with Crippen LogP contribution in [0.1, 0.15) is 30.0 Å². The standard InChI is InChI=1S/C15H20F4N2/c1-11-2-3-12(10-13(11)16)14(4-5-15(17,18)19)21-8-6-20-7-9-21/h2-3,10,14,20H,4-9H2,1H3/t14-/m1/s1. The van der Waals surface area contributed by atoms with E-state index in [4.69, 9.17) is 0 Å². The van der Waals surface area contributed by atoms with Gasteiger partial charge in [-0.3, -0.25) is 4.90 Å². The summed E-state index contributed by atoms with van der Waals surface area (Å²) in [6, 6.07) is 4.36. The summed E-state index contributed by atoms with van der Waals surface area (Å²) in [4.78, 5) is 2.01. The molecule has 1 aromatic rings. The zero-order valence-corrected chi connectivity index (χ0v) is 12.0. The van der Waals surface area contributed by atoms with Crippen molar-refractivity contribution in [3.8, 4) is 0 Å². The predicted octanol–water partition coefficient (Wildman–Crippen LogP) is 3.42. The summed E-state index contributed by atoms with van der Waals surface area (Å²) in [6.45, 7) is 4.50. The van der Waals surface area contributed by atoms with Gasteiger partial charge in [0.25, 0.3) is 0 Å². The Bertz CT molecular complexity index is 467. The van der Waals surface area contributed by atoms with Gasteiger partial charge in [0, 0.05) is 38.6 Å². The van der Waals surface area contributed by atoms with Gasteiger partial charge in [0.1, 0.15) is 5.82 Å². The van der Waals surface area contributed by atoms with E-state index in [0.29, 0.717) is 24.2 Å². The molecule has 1 aromatic carbocycles. The van der Waals surface area contributed by atoms with E-state index in [1.165, 1.54) is 6.07 Å². The van der Waals surface area contributed by atoms with E-state index in [1.54, 1.807) is 19.1 Å². The number of aryl methyl sites for hydroxylation is 1. The second kappa shape index (κ2) is 6.75. The van der Waals surface area contributed by atoms with E-state index in [1.807, 2.05) is 4.90 Å². The Labute approximate surface area is 122 Å². The highest BCUT2D eigenvalue weighted by Crippen LogP contribution is 2.32. The first kappa shape index (κ1) is 16.2. The number of nitrogens with zero attached hydrogens (tertiary/aromatic N) is 1. The molecule has 1 saturated heterocycles. The van der Waals surface area contributed by atoms with Crippen molar-refractivity contribution in [1.82, 2.24) is 10.2 Å². The highest BCUT2D eigenvalue weighted by atomic mass is 19.4. The average Bonchev–Trinajstić information content (AvgIpc) is 2.43. The summed E-state index contributed by atoms with van der Waals surface area (Å²) in [5.41, 5.74) is 1.14. The van der Waals surface area contributed by atoms with Crippen LogP contribution in [0.4, 0.5) is 17.6 Å². The predicted molar refractivity (Wildman–Crippen MR) is 73.6 cm³/mol. The van der Waals surface area contributed by atoms with Crippen LogP contribution in [0.3, 0.4) is 0 Å². The van der Waals surface area contributed by atoms with Crippen LogP contribution in [-0.2, 0) is 0 Å². The number of piperazine rings is 1. The van der Waals surface area contributed by atoms with E-state index in [-0.39, 0.29) is 18.3 Å². The van der Waals surface area contributed by atoms with Gasteiger partial charge in [-0.1, -0.05) is 12.1 Å². The van der Waals surface area contributed by atoms with Crippen LogP contribution in [0.25, 0.3) is 0 Å². The molecule has 1 heterocycles. The molecule has 2 rings (SSSR count). The first-order valence-corrected chi connectivity index (χ1v) is 7.14. The molecule has 1 aliphatic rings. The van der Waals surface area contributed by atoms with Crippen molar-refractivity contribution in [3.63, 3.8) is 0 Å². The van der Waals surface area contributed by atoms with Crippen LogP contribution >= 0.6 is 0 Å². The average molecular weight is 304 g/mol. The van der Waals surface area contributed by atoms with Crippen molar-refractivity contribution in [2.24, 2.45) is 0 Å². The Hall–Kier alpha value is -1.14. The number of hydrogen-bond donors (Lipinski definition) is 1. The molecule has 1 N–H and O–H groups in total. The highest BCUT2D eigenvalue weighted by Gasteiger charge is 2.31. The summed E-state index contributed by atoms with van der Waals surface area (Å²) < 4.78 is 51.3. The quantitative estimate of drug-likeness (QED) is 0.858. The number of halogens is 4. The minimum absolute atomic E-state index is 0.0357. The van der Waals surface area contributed by atoms with Gasteiger partial charge >= 0.3 is 6.18 Å². The van der Waals surface area contributed by atoms with Gasteiger partial charge in [0.2, 0.25) is 0 Å². The molecule has 0 saturated carbocycles. The Kier molecular flexibility index (Phi) is 5.22. The van der Waals surface area contributed by atoms with Gasteiger partial charge in [-0.25, -0.2) is 4.39 Å². The number of benzene rings is 1. The number of rotatable bonds is 4. The maximum Gasteiger partial charge on any atom is 0.389 e. The molecule has 2 nitrogen and oxygen atoms in total. The third-order valence-corrected chi connectivity index (χ3v) is 3.87. The van der Waals surface area contributed by atoms with Gasteiger partial charge in [0.05, 0.1) is 0 Å². The van der Waals surface area contributed by atoms with E-state index in [9.17, 15) is 17.6 Å². The second-order valence-corrected chi connectivity index (χ2v) is 5.46. The SMILES string of the molecule is Cc1ccc([C@@H](CCC(F)(F)F)N2CCNCC2)cc1F. The Balaban J connectivity index is 2.18. The lowest BCUT2D eigenvalue weighted by molar-refractivity contribution is -0.138. The van der Waals surface area contributed by atoms with Gasteiger partial charge in [-0.05, 0) is 30.5 Å². The lowest BCUT2D eigenvalue weighted by atomic mass is 9.98.